The van der Waals surface area contributed by atoms with Crippen molar-refractivity contribution in [2.24, 2.45) is 44.8 Å². The van der Waals surface area contributed by atoms with Gasteiger partial charge < -0.3 is 68.9 Å². The number of aliphatic hydroxyl groups excluding tert-OH is 6. The van der Waals surface area contributed by atoms with Gasteiger partial charge in [0, 0.05) is 19.8 Å². The molecule has 0 aromatic heterocycles. The van der Waals surface area contributed by atoms with Crippen LogP contribution in [0.25, 0.3) is 0 Å². The second-order valence-electron chi connectivity index (χ2n) is 22.2. The van der Waals surface area contributed by atoms with Crippen LogP contribution < -0.4 is 0 Å². The molecule has 8 aliphatic rings. The molecule has 3 heterocycles. The van der Waals surface area contributed by atoms with Crippen LogP contribution in [0.15, 0.2) is 0 Å². The number of ether oxygens (including phenoxy) is 7. The maximum absolute atomic E-state index is 12.4. The van der Waals surface area contributed by atoms with Gasteiger partial charge in [0.15, 0.2) is 24.8 Å². The molecule has 61 heavy (non-hydrogen) atoms. The Morgan fingerprint density at radius 3 is 2.05 bits per heavy atom. The molecular weight excluding hydrogens is 796 g/mol. The normalized spacial score (nSPS) is 53.8. The van der Waals surface area contributed by atoms with Crippen LogP contribution in [0.5, 0.6) is 0 Å². The summed E-state index contributed by atoms with van der Waals surface area (Å²) >= 11 is 0. The molecule has 348 valence electrons. The minimum atomic E-state index is -1.63. The molecule has 8 rings (SSSR count). The number of esters is 2. The summed E-state index contributed by atoms with van der Waals surface area (Å²) < 4.78 is 43.6. The standard InChI is InChI=1S/C45H72O16/c1-21(47)56-33-24(50)19-55-38(34(33)57-22(2)48)60-28-11-13-45-20-44(45)15-14-41(7)35(43(9)12-10-29(61-43)40(5,6)54)23(49)17-42(41,8)27(44)16-25(36(45)39(28,3)4)58-37-32(53)31(52)30(51)26(18-46)59-37/h23-38,46,49-54H,10-20H2,1-9H3/t23-,24+,25-,26+,27+,28-,29+,30+,31-,32+,33-,34+,35-,36+,37-,38-,41+,42-,43+,44-,45+/m0/s1. The lowest BCUT2D eigenvalue weighted by Gasteiger charge is -2.65. The van der Waals surface area contributed by atoms with Crippen LogP contribution in [0.3, 0.4) is 0 Å². The van der Waals surface area contributed by atoms with Crippen molar-refractivity contribution in [3.63, 3.8) is 0 Å². The quantitative estimate of drug-likeness (QED) is 0.129. The highest BCUT2D eigenvalue weighted by atomic mass is 16.7. The van der Waals surface area contributed by atoms with Gasteiger partial charge in [-0.15, -0.1) is 0 Å². The van der Waals surface area contributed by atoms with Crippen LogP contribution in [-0.2, 0) is 42.7 Å². The zero-order valence-corrected chi connectivity index (χ0v) is 37.3. The monoisotopic (exact) mass is 868 g/mol. The van der Waals surface area contributed by atoms with Gasteiger partial charge in [-0.2, -0.15) is 0 Å². The van der Waals surface area contributed by atoms with Crippen molar-refractivity contribution in [3.05, 3.63) is 0 Å². The van der Waals surface area contributed by atoms with Crippen molar-refractivity contribution in [1.29, 1.82) is 0 Å². The third kappa shape index (κ3) is 6.89. The second-order valence-corrected chi connectivity index (χ2v) is 22.2. The summed E-state index contributed by atoms with van der Waals surface area (Å²) in [5.74, 6) is -1.67. The minimum absolute atomic E-state index is 0.0638. The third-order valence-electron chi connectivity index (χ3n) is 18.2. The zero-order chi connectivity index (χ0) is 44.6. The number of rotatable bonds is 9. The Morgan fingerprint density at radius 2 is 1.43 bits per heavy atom. The van der Waals surface area contributed by atoms with E-state index in [-0.39, 0.29) is 52.1 Å². The summed E-state index contributed by atoms with van der Waals surface area (Å²) in [6, 6.07) is 0. The molecule has 3 aliphatic heterocycles. The van der Waals surface area contributed by atoms with Crippen LogP contribution in [0.4, 0.5) is 0 Å². The first-order valence-electron chi connectivity index (χ1n) is 22.6. The van der Waals surface area contributed by atoms with E-state index in [0.717, 1.165) is 32.1 Å². The average molecular weight is 869 g/mol. The Labute approximate surface area is 358 Å². The molecule has 0 amide bonds. The summed E-state index contributed by atoms with van der Waals surface area (Å²) in [6.45, 7) is 16.1. The molecule has 0 radical (unpaired) electrons. The van der Waals surface area contributed by atoms with Gasteiger partial charge in [-0.1, -0.05) is 27.7 Å². The van der Waals surface area contributed by atoms with Gasteiger partial charge in [-0.05, 0) is 117 Å². The molecule has 16 heteroatoms. The average Bonchev–Trinajstić information content (AvgIpc) is 3.52. The molecule has 16 nitrogen and oxygen atoms in total. The molecule has 2 spiro atoms. The second kappa shape index (κ2) is 15.3. The number of aliphatic hydroxyl groups is 7. The van der Waals surface area contributed by atoms with Gasteiger partial charge in [0.05, 0.1) is 48.8 Å². The van der Waals surface area contributed by atoms with Crippen molar-refractivity contribution in [2.75, 3.05) is 13.2 Å². The fourth-order valence-corrected chi connectivity index (χ4v) is 15.5. The summed E-state index contributed by atoms with van der Waals surface area (Å²) in [5, 5.41) is 77.1. The van der Waals surface area contributed by atoms with Gasteiger partial charge in [-0.25, -0.2) is 0 Å². The van der Waals surface area contributed by atoms with Crippen molar-refractivity contribution < 1.29 is 78.5 Å². The van der Waals surface area contributed by atoms with Crippen LogP contribution in [0.1, 0.15) is 120 Å². The third-order valence-corrected chi connectivity index (χ3v) is 18.2. The van der Waals surface area contributed by atoms with Crippen LogP contribution in [0.2, 0.25) is 0 Å². The SMILES string of the molecule is CC(=O)O[C@@H]1[C@@H](OC(C)=O)[C@H](O[C@H]2CC[C@]34C[C@]35CC[C@]3(C)[C@@H]([C@@]6(C)CC[C@H](C(C)(C)O)O6)[C@@H](O)C[C@@]3(C)[C@H]5C[C@H](O[C@H]3O[C@H](CO)[C@@H](O)[C@H](O)[C@H]3O)[C@@H]4C2(C)C)OC[C@H]1O. The zero-order valence-electron chi connectivity index (χ0n) is 37.3. The van der Waals surface area contributed by atoms with Gasteiger partial charge in [-0.3, -0.25) is 9.59 Å². The maximum atomic E-state index is 12.4. The topological polar surface area (TPSA) is 240 Å². The van der Waals surface area contributed by atoms with E-state index in [1.165, 1.54) is 13.8 Å². The van der Waals surface area contributed by atoms with Crippen molar-refractivity contribution >= 4 is 11.9 Å². The lowest BCUT2D eigenvalue weighted by Crippen LogP contribution is -2.65. The Kier molecular flexibility index (Phi) is 11.5. The van der Waals surface area contributed by atoms with E-state index in [1.807, 2.05) is 0 Å². The van der Waals surface area contributed by atoms with E-state index in [0.29, 0.717) is 25.7 Å². The first kappa shape index (κ1) is 46.0. The summed E-state index contributed by atoms with van der Waals surface area (Å²) in [5.41, 5.74) is -3.46. The largest absolute Gasteiger partial charge is 0.455 e. The first-order chi connectivity index (χ1) is 28.3. The molecule has 5 aliphatic carbocycles. The summed E-state index contributed by atoms with van der Waals surface area (Å²) in [4.78, 5) is 24.5. The van der Waals surface area contributed by atoms with E-state index >= 15 is 0 Å². The number of carbonyl (C=O) groups is 2. The number of hydrogen-bond acceptors (Lipinski definition) is 16. The smallest absolute Gasteiger partial charge is 0.303 e. The minimum Gasteiger partial charge on any atom is -0.455 e. The van der Waals surface area contributed by atoms with E-state index in [9.17, 15) is 45.3 Å². The fraction of sp³-hybridized carbons (Fsp3) is 0.956. The Balaban J connectivity index is 1.15. The molecule has 7 N–H and O–H groups in total. The van der Waals surface area contributed by atoms with Crippen LogP contribution >= 0.6 is 0 Å². The summed E-state index contributed by atoms with van der Waals surface area (Å²) in [7, 11) is 0. The molecule has 0 aromatic carbocycles. The fourth-order valence-electron chi connectivity index (χ4n) is 15.5. The maximum Gasteiger partial charge on any atom is 0.303 e. The van der Waals surface area contributed by atoms with Crippen molar-refractivity contribution in [2.45, 2.75) is 211 Å². The van der Waals surface area contributed by atoms with Gasteiger partial charge in [0.1, 0.15) is 30.5 Å². The van der Waals surface area contributed by atoms with Crippen molar-refractivity contribution in [1.82, 2.24) is 0 Å². The highest BCUT2D eigenvalue weighted by Gasteiger charge is 2.85. The Hall–Kier alpha value is -1.54. The lowest BCUT2D eigenvalue weighted by atomic mass is 9.41. The van der Waals surface area contributed by atoms with Gasteiger partial charge in [0.25, 0.3) is 0 Å². The molecule has 21 atom stereocenters. The highest BCUT2D eigenvalue weighted by molar-refractivity contribution is 5.67. The highest BCUT2D eigenvalue weighted by Crippen LogP contribution is 2.89. The molecular formula is C45H72O16. The molecule has 8 fully saturated rings. The predicted octanol–water partition coefficient (Wildman–Crippen LogP) is 1.87. The predicted molar refractivity (Wildman–Crippen MR) is 213 cm³/mol. The number of carbonyl (C=O) groups excluding carboxylic acids is 2. The lowest BCUT2D eigenvalue weighted by molar-refractivity contribution is -0.339. The molecule has 0 bridgehead atoms. The van der Waals surface area contributed by atoms with Gasteiger partial charge in [0.2, 0.25) is 0 Å². The molecule has 0 unspecified atom stereocenters. The van der Waals surface area contributed by atoms with Crippen LogP contribution in [-0.4, -0.2) is 152 Å². The molecule has 5 saturated carbocycles. The van der Waals surface area contributed by atoms with Crippen molar-refractivity contribution in [3.8, 4) is 0 Å². The van der Waals surface area contributed by atoms with E-state index in [2.05, 4.69) is 34.6 Å². The summed E-state index contributed by atoms with van der Waals surface area (Å²) in [6.07, 6.45) is -7.80. The van der Waals surface area contributed by atoms with E-state index in [1.54, 1.807) is 13.8 Å². The Bertz CT molecular complexity index is 1680. The van der Waals surface area contributed by atoms with E-state index in [4.69, 9.17) is 33.2 Å². The first-order valence-corrected chi connectivity index (χ1v) is 22.6. The molecule has 0 aromatic rings. The number of hydrogen-bond donors (Lipinski definition) is 7. The van der Waals surface area contributed by atoms with Crippen LogP contribution in [0, 0.1) is 44.8 Å². The van der Waals surface area contributed by atoms with E-state index < -0.39 is 109 Å². The van der Waals surface area contributed by atoms with Gasteiger partial charge >= 0.3 is 11.9 Å². The molecule has 3 saturated heterocycles. The number of fused-ring (bicyclic) bond motifs is 2. The Morgan fingerprint density at radius 1 is 0.754 bits per heavy atom.